The van der Waals surface area contributed by atoms with Crippen molar-refractivity contribution in [2.24, 2.45) is 0 Å². The molecule has 1 aromatic carbocycles. The predicted molar refractivity (Wildman–Crippen MR) is 86.9 cm³/mol. The van der Waals surface area contributed by atoms with Gasteiger partial charge < -0.3 is 20.2 Å². The van der Waals surface area contributed by atoms with E-state index in [1.807, 2.05) is 12.1 Å². The lowest BCUT2D eigenvalue weighted by Crippen LogP contribution is -2.44. The van der Waals surface area contributed by atoms with Crippen molar-refractivity contribution in [2.45, 2.75) is 37.8 Å². The summed E-state index contributed by atoms with van der Waals surface area (Å²) in [7, 11) is 0. The summed E-state index contributed by atoms with van der Waals surface area (Å²) >= 11 is 0. The number of hydrogen-bond acceptors (Lipinski definition) is 3. The van der Waals surface area contributed by atoms with E-state index in [4.69, 9.17) is 4.42 Å². The second kappa shape index (κ2) is 6.46. The maximum atomic E-state index is 12.2. The molecule has 0 unspecified atom stereocenters. The van der Waals surface area contributed by atoms with E-state index in [1.165, 1.54) is 17.4 Å². The van der Waals surface area contributed by atoms with Gasteiger partial charge in [0.25, 0.3) is 0 Å². The van der Waals surface area contributed by atoms with Crippen molar-refractivity contribution < 1.29 is 14.3 Å². The highest BCUT2D eigenvalue weighted by molar-refractivity contribution is 5.74. The van der Waals surface area contributed by atoms with E-state index in [1.54, 1.807) is 19.1 Å². The molecule has 2 aromatic rings. The van der Waals surface area contributed by atoms with E-state index in [9.17, 15) is 9.90 Å². The fraction of sp³-hybridized carbons (Fsp3) is 0.389. The number of aryl methyl sites for hydroxylation is 1. The van der Waals surface area contributed by atoms with Crippen molar-refractivity contribution in [1.82, 2.24) is 10.6 Å². The fourth-order valence-corrected chi connectivity index (χ4v) is 3.04. The molecule has 5 heteroatoms. The zero-order valence-corrected chi connectivity index (χ0v) is 13.2. The number of aliphatic hydroxyl groups is 1. The topological polar surface area (TPSA) is 74.5 Å². The van der Waals surface area contributed by atoms with Crippen molar-refractivity contribution in [3.05, 3.63) is 59.5 Å². The van der Waals surface area contributed by atoms with Gasteiger partial charge in [0.15, 0.2) is 0 Å². The maximum absolute atomic E-state index is 12.2. The smallest absolute Gasteiger partial charge is 0.315 e. The number of fused-ring (bicyclic) bond motifs is 1. The van der Waals surface area contributed by atoms with Gasteiger partial charge in [0, 0.05) is 0 Å². The largest absolute Gasteiger partial charge is 0.466 e. The van der Waals surface area contributed by atoms with E-state index >= 15 is 0 Å². The second-order valence-electron chi connectivity index (χ2n) is 6.22. The van der Waals surface area contributed by atoms with Crippen LogP contribution < -0.4 is 10.6 Å². The first-order valence-corrected chi connectivity index (χ1v) is 7.95. The summed E-state index contributed by atoms with van der Waals surface area (Å²) in [5, 5.41) is 16.1. The van der Waals surface area contributed by atoms with Crippen LogP contribution >= 0.6 is 0 Å². The molecule has 0 aliphatic heterocycles. The highest BCUT2D eigenvalue weighted by Crippen LogP contribution is 2.29. The van der Waals surface area contributed by atoms with Crippen LogP contribution in [0.5, 0.6) is 0 Å². The van der Waals surface area contributed by atoms with Crippen molar-refractivity contribution in [3.8, 4) is 0 Å². The van der Waals surface area contributed by atoms with Crippen molar-refractivity contribution in [2.75, 3.05) is 6.54 Å². The van der Waals surface area contributed by atoms with E-state index in [2.05, 4.69) is 22.8 Å². The lowest BCUT2D eigenvalue weighted by atomic mass is 9.88. The molecule has 0 saturated carbocycles. The average molecular weight is 314 g/mol. The molecule has 23 heavy (non-hydrogen) atoms. The molecule has 0 bridgehead atoms. The summed E-state index contributed by atoms with van der Waals surface area (Å²) < 4.78 is 5.21. The Morgan fingerprint density at radius 3 is 2.96 bits per heavy atom. The van der Waals surface area contributed by atoms with Crippen molar-refractivity contribution in [1.29, 1.82) is 0 Å². The lowest BCUT2D eigenvalue weighted by molar-refractivity contribution is 0.0366. The van der Waals surface area contributed by atoms with Gasteiger partial charge in [-0.25, -0.2) is 4.79 Å². The van der Waals surface area contributed by atoms with Gasteiger partial charge in [-0.2, -0.15) is 0 Å². The van der Waals surface area contributed by atoms with Crippen LogP contribution in [0.25, 0.3) is 0 Å². The highest BCUT2D eigenvalue weighted by Gasteiger charge is 2.27. The molecule has 2 amide bonds. The van der Waals surface area contributed by atoms with Crippen molar-refractivity contribution in [3.63, 3.8) is 0 Å². The van der Waals surface area contributed by atoms with Crippen LogP contribution in [0, 0.1) is 0 Å². The number of urea groups is 1. The summed E-state index contributed by atoms with van der Waals surface area (Å²) in [5.41, 5.74) is 1.25. The van der Waals surface area contributed by atoms with E-state index in [0.717, 1.165) is 19.3 Å². The molecular weight excluding hydrogens is 292 g/mol. The van der Waals surface area contributed by atoms with Crippen LogP contribution in [0.4, 0.5) is 4.79 Å². The lowest BCUT2D eigenvalue weighted by Gasteiger charge is -2.27. The summed E-state index contributed by atoms with van der Waals surface area (Å²) in [4.78, 5) is 12.2. The van der Waals surface area contributed by atoms with Gasteiger partial charge in [0.05, 0.1) is 18.8 Å². The predicted octanol–water partition coefficient (Wildman–Crippen LogP) is 2.86. The number of amides is 2. The Hall–Kier alpha value is -2.27. The molecule has 0 radical (unpaired) electrons. The number of benzene rings is 1. The number of furan rings is 1. The fourth-order valence-electron chi connectivity index (χ4n) is 3.04. The molecule has 0 spiro atoms. The molecule has 2 atom stereocenters. The standard InChI is InChI=1S/C18H22N2O3/c1-18(22,16-10-5-11-23-16)12-19-17(21)20-15-9-4-7-13-6-2-3-8-14(13)15/h2-3,5-6,8,10-11,15,22H,4,7,9,12H2,1H3,(H2,19,20,21)/t15-,18+/m1/s1. The highest BCUT2D eigenvalue weighted by atomic mass is 16.4. The SMILES string of the molecule is C[C@](O)(CNC(=O)N[C@@H]1CCCc2ccccc21)c1ccco1. The Kier molecular flexibility index (Phi) is 4.39. The van der Waals surface area contributed by atoms with Gasteiger partial charge >= 0.3 is 6.03 Å². The average Bonchev–Trinajstić information content (AvgIpc) is 3.09. The minimum atomic E-state index is -1.23. The molecule has 122 valence electrons. The van der Waals surface area contributed by atoms with Crippen LogP contribution in [0.15, 0.2) is 47.1 Å². The first kappa shape index (κ1) is 15.6. The normalized spacial score (nSPS) is 19.5. The summed E-state index contributed by atoms with van der Waals surface area (Å²) in [6, 6.07) is 11.4. The Labute approximate surface area is 135 Å². The van der Waals surface area contributed by atoms with E-state index in [-0.39, 0.29) is 18.6 Å². The number of rotatable bonds is 4. The Balaban J connectivity index is 1.58. The monoisotopic (exact) mass is 314 g/mol. The molecule has 0 saturated heterocycles. The summed E-state index contributed by atoms with van der Waals surface area (Å²) in [5.74, 6) is 0.431. The first-order valence-electron chi connectivity index (χ1n) is 7.95. The zero-order chi connectivity index (χ0) is 16.3. The third kappa shape index (κ3) is 3.56. The molecule has 3 N–H and O–H groups in total. The molecule has 3 rings (SSSR count). The van der Waals surface area contributed by atoms with Crippen LogP contribution in [0.3, 0.4) is 0 Å². The van der Waals surface area contributed by atoms with Gasteiger partial charge in [-0.05, 0) is 49.4 Å². The van der Waals surface area contributed by atoms with Crippen LogP contribution in [0.2, 0.25) is 0 Å². The van der Waals surface area contributed by atoms with Gasteiger partial charge in [-0.3, -0.25) is 0 Å². The van der Waals surface area contributed by atoms with Gasteiger partial charge in [-0.15, -0.1) is 0 Å². The number of carbonyl (C=O) groups excluding carboxylic acids is 1. The third-order valence-electron chi connectivity index (χ3n) is 4.32. The van der Waals surface area contributed by atoms with Crippen LogP contribution in [-0.4, -0.2) is 17.7 Å². The molecule has 1 aromatic heterocycles. The Bertz CT molecular complexity index is 665. The third-order valence-corrected chi connectivity index (χ3v) is 4.32. The molecule has 1 aliphatic rings. The second-order valence-corrected chi connectivity index (χ2v) is 6.22. The number of nitrogens with one attached hydrogen (secondary N) is 2. The van der Waals surface area contributed by atoms with Crippen LogP contribution in [0.1, 0.15) is 42.7 Å². The molecule has 5 nitrogen and oxygen atoms in total. The quantitative estimate of drug-likeness (QED) is 0.812. The minimum absolute atomic E-state index is 0.0218. The van der Waals surface area contributed by atoms with Crippen molar-refractivity contribution >= 4 is 6.03 Å². The zero-order valence-electron chi connectivity index (χ0n) is 13.2. The Morgan fingerprint density at radius 2 is 2.17 bits per heavy atom. The van der Waals surface area contributed by atoms with Gasteiger partial charge in [0.2, 0.25) is 0 Å². The molecule has 1 aliphatic carbocycles. The maximum Gasteiger partial charge on any atom is 0.315 e. The van der Waals surface area contributed by atoms with Gasteiger partial charge in [0.1, 0.15) is 11.4 Å². The van der Waals surface area contributed by atoms with E-state index < -0.39 is 5.60 Å². The first-order chi connectivity index (χ1) is 11.1. The molecular formula is C18H22N2O3. The molecule has 1 heterocycles. The number of carbonyl (C=O) groups is 1. The van der Waals surface area contributed by atoms with Gasteiger partial charge in [-0.1, -0.05) is 24.3 Å². The Morgan fingerprint density at radius 1 is 1.35 bits per heavy atom. The minimum Gasteiger partial charge on any atom is -0.466 e. The van der Waals surface area contributed by atoms with Crippen LogP contribution in [-0.2, 0) is 12.0 Å². The summed E-state index contributed by atoms with van der Waals surface area (Å²) in [6.45, 7) is 1.70. The number of hydrogen-bond donors (Lipinski definition) is 3. The summed E-state index contributed by atoms with van der Waals surface area (Å²) in [6.07, 6.45) is 4.55. The van der Waals surface area contributed by atoms with E-state index in [0.29, 0.717) is 5.76 Å². The molecule has 0 fully saturated rings.